The van der Waals surface area contributed by atoms with Crippen LogP contribution in [-0.2, 0) is 60.5 Å². The van der Waals surface area contributed by atoms with Crippen LogP contribution in [0.1, 0.15) is 111 Å². The van der Waals surface area contributed by atoms with Crippen molar-refractivity contribution >= 4 is 127 Å². The minimum Gasteiger partial charge on any atom is -0.469 e. The molecule has 1 N–H and O–H groups in total. The second-order valence-corrected chi connectivity index (χ2v) is 53.3. The summed E-state index contributed by atoms with van der Waals surface area (Å²) < 4.78 is 26.2. The number of halogens is 2. The molecule has 6 atom stereocenters. The van der Waals surface area contributed by atoms with Crippen LogP contribution in [0, 0.1) is 13.8 Å². The molecule has 20 nitrogen and oxygen atoms in total. The molecule has 0 aliphatic carbocycles. The molecule has 3 unspecified atom stereocenters. The molecule has 1 fully saturated rings. The van der Waals surface area contributed by atoms with E-state index in [1.165, 1.54) is 78.3 Å². The van der Waals surface area contributed by atoms with Crippen molar-refractivity contribution in [2.45, 2.75) is 160 Å². The largest absolute Gasteiger partial charge is 0.469 e. The number of rotatable bonds is 30. The second kappa shape index (κ2) is 51.1. The summed E-state index contributed by atoms with van der Waals surface area (Å²) in [6.45, 7) is 38.1. The number of esters is 4. The first-order valence-corrected chi connectivity index (χ1v) is 55.0. The molecule has 26 heteroatoms. The number of methoxy groups -OCH3 is 4. The van der Waals surface area contributed by atoms with Crippen LogP contribution in [0.2, 0.25) is 76.6 Å². The van der Waals surface area contributed by atoms with Gasteiger partial charge in [0.1, 0.15) is 12.6 Å². The Bertz CT molecular complexity index is 5000. The average molecular weight is 1860 g/mol. The lowest BCUT2D eigenvalue weighted by molar-refractivity contribution is -0.143. The van der Waals surface area contributed by atoms with E-state index < -0.39 is 80.4 Å². The van der Waals surface area contributed by atoms with Crippen molar-refractivity contribution in [2.75, 3.05) is 35.0 Å². The molecule has 0 spiro atoms. The molecular formula is C97H118Br2N8O12Si4. The second-order valence-electron chi connectivity index (χ2n) is 32.3. The number of azide groups is 2. The van der Waals surface area contributed by atoms with Crippen molar-refractivity contribution in [1.29, 1.82) is 0 Å². The molecule has 1 heterocycles. The number of benzene rings is 9. The van der Waals surface area contributed by atoms with Gasteiger partial charge >= 0.3 is 30.0 Å². The summed E-state index contributed by atoms with van der Waals surface area (Å²) in [7, 11) is -0.619. The molecule has 0 aromatic heterocycles. The fourth-order valence-corrected chi connectivity index (χ4v) is 22.4. The predicted molar refractivity (Wildman–Crippen MR) is 514 cm³/mol. The van der Waals surface area contributed by atoms with Crippen LogP contribution >= 0.6 is 31.9 Å². The van der Waals surface area contributed by atoms with Gasteiger partial charge in [-0.15, -0.1) is 19.7 Å². The Balaban J connectivity index is 0.000000270. The SMILES string of the molecule is C=CC[Si](C)(C)c1ccc(C(N=[N+]=[N-])C(=O)N2C(=O)OC[C@@H]2Cc2ccccc2)cc1.C=CC[Si](C)(C)c1ccc(C(N=[N+]=[N-])C(=O)OC)cc1.C=CC[Si](C)(C)c1ccc([C@H](C)C(=O)OC)cc1.COC(=O)C(NC(=O)c1ccccc1)c1ccc(Br)cc1.COC(=O)[C@@H](C)c1ccc([Si](C)(C)CCCc2ccc(C)cc2)cc1.Cc1ccc(Br)cc1. The van der Waals surface area contributed by atoms with Gasteiger partial charge in [-0.1, -0.05) is 351 Å². The highest BCUT2D eigenvalue weighted by atomic mass is 79.9. The third-order valence-electron chi connectivity index (χ3n) is 21.3. The number of nitrogens with one attached hydrogen (secondary N) is 1. The topological polar surface area (TPSA) is 278 Å². The highest BCUT2D eigenvalue weighted by Gasteiger charge is 2.41. The molecule has 10 rings (SSSR count). The van der Waals surface area contributed by atoms with Crippen LogP contribution in [-0.4, -0.2) is 120 Å². The fraction of sp³-hybridized carbons (Fsp3) is 0.309. The molecule has 123 heavy (non-hydrogen) atoms. The van der Waals surface area contributed by atoms with Gasteiger partial charge in [-0.2, -0.15) is 0 Å². The van der Waals surface area contributed by atoms with Crippen LogP contribution in [0.5, 0.6) is 0 Å². The zero-order valence-electron chi connectivity index (χ0n) is 73.7. The third-order valence-corrected chi connectivity index (χ3v) is 35.5. The summed E-state index contributed by atoms with van der Waals surface area (Å²) in [6, 6.07) is 75.6. The van der Waals surface area contributed by atoms with Gasteiger partial charge in [0, 0.05) is 24.3 Å². The molecular weight excluding hydrogens is 1740 g/mol. The molecule has 0 saturated carbocycles. The number of carbonyl (C=O) groups is 7. The number of cyclic esters (lactones) is 1. The van der Waals surface area contributed by atoms with E-state index in [9.17, 15) is 33.6 Å². The number of carbonyl (C=O) groups excluding carboxylic acids is 7. The smallest absolute Gasteiger partial charge is 0.417 e. The number of ether oxygens (including phenoxy) is 5. The van der Waals surface area contributed by atoms with Gasteiger partial charge in [0.25, 0.3) is 5.91 Å². The van der Waals surface area contributed by atoms with Crippen LogP contribution in [0.4, 0.5) is 4.79 Å². The van der Waals surface area contributed by atoms with E-state index in [1.807, 2.05) is 129 Å². The molecule has 9 aromatic carbocycles. The molecule has 1 saturated heterocycles. The predicted octanol–water partition coefficient (Wildman–Crippen LogP) is 21.8. The molecule has 3 amide bonds. The van der Waals surface area contributed by atoms with Crippen molar-refractivity contribution < 1.29 is 57.2 Å². The van der Waals surface area contributed by atoms with Crippen molar-refractivity contribution in [3.05, 3.63) is 354 Å². The van der Waals surface area contributed by atoms with Gasteiger partial charge in [-0.05, 0) is 145 Å². The van der Waals surface area contributed by atoms with Crippen LogP contribution < -0.4 is 26.1 Å². The first-order chi connectivity index (χ1) is 58.5. The summed E-state index contributed by atoms with van der Waals surface area (Å²) in [5.41, 5.74) is 27.0. The van der Waals surface area contributed by atoms with E-state index in [2.05, 4.69) is 221 Å². The number of aryl methyl sites for hydroxylation is 3. The Kier molecular flexibility index (Phi) is 42.6. The summed E-state index contributed by atoms with van der Waals surface area (Å²) in [4.78, 5) is 91.1. The summed E-state index contributed by atoms with van der Waals surface area (Å²) in [5, 5.41) is 15.2. The maximum atomic E-state index is 13.3. The normalized spacial score (nSPS) is 13.3. The lowest BCUT2D eigenvalue weighted by Gasteiger charge is -2.24. The maximum Gasteiger partial charge on any atom is 0.417 e. The van der Waals surface area contributed by atoms with Gasteiger partial charge in [0.2, 0.25) is 5.91 Å². The van der Waals surface area contributed by atoms with Crippen LogP contribution in [0.15, 0.2) is 288 Å². The Morgan fingerprint density at radius 2 is 0.837 bits per heavy atom. The highest BCUT2D eigenvalue weighted by Crippen LogP contribution is 2.29. The first kappa shape index (κ1) is 102. The Morgan fingerprint density at radius 1 is 0.480 bits per heavy atom. The number of hydrogen-bond acceptors (Lipinski definition) is 14. The zero-order valence-corrected chi connectivity index (χ0v) is 80.9. The Hall–Kier alpha value is -11.1. The van der Waals surface area contributed by atoms with Gasteiger partial charge < -0.3 is 29.0 Å². The van der Waals surface area contributed by atoms with Crippen molar-refractivity contribution in [3.8, 4) is 0 Å². The summed E-state index contributed by atoms with van der Waals surface area (Å²) in [6.07, 6.45) is 8.01. The lowest BCUT2D eigenvalue weighted by Crippen LogP contribution is -2.43. The first-order valence-electron chi connectivity index (χ1n) is 40.6. The average Bonchev–Trinajstić information content (AvgIpc) is 1.69. The molecule has 648 valence electrons. The Labute approximate surface area is 747 Å². The van der Waals surface area contributed by atoms with Gasteiger partial charge in [-0.3, -0.25) is 24.0 Å². The van der Waals surface area contributed by atoms with Crippen LogP contribution in [0.25, 0.3) is 20.9 Å². The van der Waals surface area contributed by atoms with E-state index in [0.29, 0.717) is 28.7 Å². The molecule has 1 aliphatic rings. The van der Waals surface area contributed by atoms with Crippen molar-refractivity contribution in [1.82, 2.24) is 10.2 Å². The number of nitrogens with zero attached hydrogens (tertiary/aromatic N) is 7. The Morgan fingerprint density at radius 3 is 1.23 bits per heavy atom. The molecule has 0 bridgehead atoms. The standard InChI is InChI=1S/C23H26N4O3Si.C22H30O2Si.C16H14BrNO3.C15H22O2Si.C14H19N3O2Si.C7H7Br/c1-4-14-31(2,3)20-12-10-18(11-13-20)21(25-26-24)22(28)27-19(16-30-23(27)29)15-17-8-6-5-7-9-17;1-17-8-10-19(11-9-17)7-6-16-25(4,5)21-14-12-20(13-15-21)18(2)22(23)24-3;1-21-16(20)14(11-7-9-13(17)10-8-11)18-15(19)12-5-3-2-4-6-12;1-6-11-18(4,5)14-9-7-13(8-10-14)12(2)15(16)17-3;1-5-10-20(3,4)12-8-6-11(7-9-12)13(16-17-15)14(18)19-2;1-6-2-4-7(8)5-3-6/h4-13,19,21H,1,14-16H2,2-3H3;8-15,18H,6-7,16H2,1-5H3;2-10,14H,1H3,(H,18,19);6-10,12H,1,11H2,2-5H3;5-9,13H,1,10H2,2-4H3;2-5H,1H3/t19-,21?;18-;;12-;;/m00.0../s1. The third kappa shape index (κ3) is 32.6. The quantitative estimate of drug-likeness (QED) is 0.00837. The van der Waals surface area contributed by atoms with E-state index in [0.717, 1.165) is 55.1 Å². The summed E-state index contributed by atoms with van der Waals surface area (Å²) >= 11 is 6.68. The maximum absolute atomic E-state index is 13.3. The van der Waals surface area contributed by atoms with E-state index in [4.69, 9.17) is 30.0 Å². The number of allylic oxidation sites excluding steroid dienone is 3. The lowest BCUT2D eigenvalue weighted by atomic mass is 10.0. The van der Waals surface area contributed by atoms with Gasteiger partial charge in [0.15, 0.2) is 12.1 Å². The van der Waals surface area contributed by atoms with Crippen molar-refractivity contribution in [3.63, 3.8) is 0 Å². The zero-order chi connectivity index (χ0) is 91.0. The van der Waals surface area contributed by atoms with Crippen LogP contribution in [0.3, 0.4) is 0 Å². The van der Waals surface area contributed by atoms with E-state index in [-0.39, 0.29) is 36.3 Å². The molecule has 1 aliphatic heterocycles. The van der Waals surface area contributed by atoms with Gasteiger partial charge in [-0.25, -0.2) is 14.5 Å². The molecule has 0 radical (unpaired) electrons. The number of amides is 3. The highest BCUT2D eigenvalue weighted by molar-refractivity contribution is 9.10. The number of hydrogen-bond donors (Lipinski definition) is 1. The van der Waals surface area contributed by atoms with E-state index in [1.54, 1.807) is 60.7 Å². The van der Waals surface area contributed by atoms with Gasteiger partial charge in [0.05, 0.1) is 78.6 Å². The minimum atomic E-state index is -1.66. The monoisotopic (exact) mass is 1860 g/mol. The number of imide groups is 1. The van der Waals surface area contributed by atoms with Crippen molar-refractivity contribution in [2.24, 2.45) is 10.2 Å². The molecule has 9 aromatic rings. The summed E-state index contributed by atoms with van der Waals surface area (Å²) in [5.74, 6) is -2.74. The van der Waals surface area contributed by atoms with E-state index >= 15 is 0 Å². The fourth-order valence-electron chi connectivity index (χ4n) is 13.4. The minimum absolute atomic E-state index is 0.114.